The highest BCUT2D eigenvalue weighted by Crippen LogP contribution is 1.60. The van der Waals surface area contributed by atoms with Crippen LogP contribution < -0.4 is 0 Å². The van der Waals surface area contributed by atoms with Crippen molar-refractivity contribution in [3.8, 4) is 0 Å². The van der Waals surface area contributed by atoms with E-state index in [0.717, 1.165) is 0 Å². The normalized spacial score (nSPS) is 8.29. The maximum atomic E-state index is 4.69. The quantitative estimate of drug-likeness (QED) is 0.398. The van der Waals surface area contributed by atoms with Crippen LogP contribution in [0.3, 0.4) is 0 Å². The second-order valence-electron chi connectivity index (χ2n) is 0.819. The van der Waals surface area contributed by atoms with Gasteiger partial charge < -0.3 is 4.74 Å². The third-order valence-corrected chi connectivity index (χ3v) is 0.347. The molecule has 0 aromatic carbocycles. The van der Waals surface area contributed by atoms with Gasteiger partial charge in [0.05, 0.1) is 6.61 Å². The number of halogens is 1. The summed E-state index contributed by atoms with van der Waals surface area (Å²) >= 11 is 0. The average molecular weight is 124 g/mol. The Labute approximate surface area is 50.0 Å². The van der Waals surface area contributed by atoms with Crippen LogP contribution in [0.4, 0.5) is 0 Å². The van der Waals surface area contributed by atoms with Gasteiger partial charge in [-0.2, -0.15) is 0 Å². The van der Waals surface area contributed by atoms with E-state index in [2.05, 4.69) is 4.99 Å². The fourth-order valence-electron chi connectivity index (χ4n) is 0.149. The second kappa shape index (κ2) is 9.23. The number of rotatable bonds is 2. The molecule has 0 spiro atoms. The van der Waals surface area contributed by atoms with Crippen molar-refractivity contribution >= 4 is 18.8 Å². The lowest BCUT2D eigenvalue weighted by molar-refractivity contribution is 0.343. The summed E-state index contributed by atoms with van der Waals surface area (Å²) < 4.78 is 4.69. The summed E-state index contributed by atoms with van der Waals surface area (Å²) in [6, 6.07) is 0. The molecule has 7 heavy (non-hydrogen) atoms. The highest BCUT2D eigenvalue weighted by Gasteiger charge is 1.60. The molecule has 2 nitrogen and oxygen atoms in total. The molecule has 44 valence electrons. The van der Waals surface area contributed by atoms with Crippen LogP contribution in [0, 0.1) is 0 Å². The van der Waals surface area contributed by atoms with E-state index in [0.29, 0.717) is 6.61 Å². The smallest absolute Gasteiger partial charge is 0.169 e. The Morgan fingerprint density at radius 2 is 2.29 bits per heavy atom. The first kappa shape index (κ1) is 9.90. The van der Waals surface area contributed by atoms with E-state index in [1.54, 1.807) is 7.05 Å². The van der Waals surface area contributed by atoms with E-state index < -0.39 is 0 Å². The molecule has 3 heteroatoms. The highest BCUT2D eigenvalue weighted by molar-refractivity contribution is 5.85. The minimum absolute atomic E-state index is 0. The minimum atomic E-state index is 0. The molecule has 0 N–H and O–H groups in total. The molecule has 0 rings (SSSR count). The van der Waals surface area contributed by atoms with Gasteiger partial charge in [-0.15, -0.1) is 12.4 Å². The van der Waals surface area contributed by atoms with Crippen LogP contribution in [0.25, 0.3) is 0 Å². The second-order valence-corrected chi connectivity index (χ2v) is 0.819. The number of hydrogen-bond donors (Lipinski definition) is 0. The van der Waals surface area contributed by atoms with Crippen molar-refractivity contribution in [3.05, 3.63) is 0 Å². The standard InChI is InChI=1S/C4H9NO.ClH/c1-3-6-4-5-2;/h4H,3H2,1-2H3;1H/b5-4-;. The lowest BCUT2D eigenvalue weighted by atomic mass is 10.9. The van der Waals surface area contributed by atoms with Crippen LogP contribution in [-0.4, -0.2) is 20.1 Å². The monoisotopic (exact) mass is 123 g/mol. The van der Waals surface area contributed by atoms with Gasteiger partial charge in [-0.1, -0.05) is 0 Å². The molecule has 0 heterocycles. The van der Waals surface area contributed by atoms with Crippen LogP contribution >= 0.6 is 12.4 Å². The first-order chi connectivity index (χ1) is 2.91. The molecule has 0 aromatic heterocycles. The minimum Gasteiger partial charge on any atom is -0.484 e. The average Bonchev–Trinajstić information content (AvgIpc) is 1.61. The van der Waals surface area contributed by atoms with Crippen molar-refractivity contribution in [1.29, 1.82) is 0 Å². The number of hydrogen-bond acceptors (Lipinski definition) is 2. The molecule has 0 fully saturated rings. The molecule has 0 aromatic rings. The molecule has 0 radical (unpaired) electrons. The Hall–Kier alpha value is -0.240. The lowest BCUT2D eigenvalue weighted by Gasteiger charge is -1.85. The largest absolute Gasteiger partial charge is 0.484 e. The Morgan fingerprint density at radius 1 is 1.71 bits per heavy atom. The predicted octanol–water partition coefficient (Wildman–Crippen LogP) is 1.10. The Morgan fingerprint density at radius 3 is 2.43 bits per heavy atom. The van der Waals surface area contributed by atoms with Gasteiger partial charge in [-0.3, -0.25) is 4.99 Å². The van der Waals surface area contributed by atoms with Crippen LogP contribution in [0.1, 0.15) is 6.92 Å². The fourth-order valence-corrected chi connectivity index (χ4v) is 0.149. The molecule has 0 atom stereocenters. The van der Waals surface area contributed by atoms with E-state index >= 15 is 0 Å². The Bertz CT molecular complexity index is 47.0. The van der Waals surface area contributed by atoms with Gasteiger partial charge in [0.2, 0.25) is 0 Å². The molecule has 0 bridgehead atoms. The summed E-state index contributed by atoms with van der Waals surface area (Å²) in [6.07, 6.45) is 1.43. The topological polar surface area (TPSA) is 21.6 Å². The zero-order chi connectivity index (χ0) is 4.83. The molecule has 0 aliphatic heterocycles. The summed E-state index contributed by atoms with van der Waals surface area (Å²) in [7, 11) is 1.68. The Balaban J connectivity index is 0. The lowest BCUT2D eigenvalue weighted by Crippen LogP contribution is -1.82. The number of aliphatic imine (C=N–C) groups is 1. The molecule has 0 aliphatic carbocycles. The van der Waals surface area contributed by atoms with Crippen molar-refractivity contribution in [2.75, 3.05) is 13.7 Å². The van der Waals surface area contributed by atoms with Gasteiger partial charge in [0, 0.05) is 7.05 Å². The molecule has 0 unspecified atom stereocenters. The van der Waals surface area contributed by atoms with Gasteiger partial charge in [-0.05, 0) is 6.92 Å². The molecular formula is C4H10ClNO. The summed E-state index contributed by atoms with van der Waals surface area (Å²) in [4.78, 5) is 3.58. The zero-order valence-electron chi connectivity index (χ0n) is 4.55. The zero-order valence-corrected chi connectivity index (χ0v) is 5.36. The first-order valence-electron chi connectivity index (χ1n) is 1.94. The summed E-state index contributed by atoms with van der Waals surface area (Å²) in [5.74, 6) is 0. The molecular weight excluding hydrogens is 114 g/mol. The number of nitrogens with zero attached hydrogens (tertiary/aromatic N) is 1. The highest BCUT2D eigenvalue weighted by atomic mass is 35.5. The van der Waals surface area contributed by atoms with Crippen LogP contribution in [0.2, 0.25) is 0 Å². The van der Waals surface area contributed by atoms with Gasteiger partial charge in [0.15, 0.2) is 6.40 Å². The van der Waals surface area contributed by atoms with Crippen molar-refractivity contribution in [2.45, 2.75) is 6.92 Å². The van der Waals surface area contributed by atoms with Gasteiger partial charge in [0.1, 0.15) is 0 Å². The maximum absolute atomic E-state index is 4.69. The summed E-state index contributed by atoms with van der Waals surface area (Å²) in [6.45, 7) is 2.62. The van der Waals surface area contributed by atoms with E-state index in [4.69, 9.17) is 4.74 Å². The van der Waals surface area contributed by atoms with Crippen LogP contribution in [-0.2, 0) is 4.74 Å². The van der Waals surface area contributed by atoms with E-state index in [-0.39, 0.29) is 12.4 Å². The van der Waals surface area contributed by atoms with Gasteiger partial charge >= 0.3 is 0 Å². The molecule has 0 aliphatic rings. The summed E-state index contributed by atoms with van der Waals surface area (Å²) in [5.41, 5.74) is 0. The molecule has 0 saturated heterocycles. The van der Waals surface area contributed by atoms with E-state index in [9.17, 15) is 0 Å². The van der Waals surface area contributed by atoms with Crippen molar-refractivity contribution in [1.82, 2.24) is 0 Å². The van der Waals surface area contributed by atoms with Crippen molar-refractivity contribution < 1.29 is 4.74 Å². The molecule has 0 amide bonds. The van der Waals surface area contributed by atoms with Crippen molar-refractivity contribution in [3.63, 3.8) is 0 Å². The third kappa shape index (κ3) is 10.7. The third-order valence-electron chi connectivity index (χ3n) is 0.347. The SMILES string of the molecule is CCO/C=N\C.Cl. The van der Waals surface area contributed by atoms with Gasteiger partial charge in [-0.25, -0.2) is 0 Å². The first-order valence-corrected chi connectivity index (χ1v) is 1.94. The van der Waals surface area contributed by atoms with E-state index in [1.165, 1.54) is 6.40 Å². The van der Waals surface area contributed by atoms with Crippen molar-refractivity contribution in [2.24, 2.45) is 4.99 Å². The maximum Gasteiger partial charge on any atom is 0.169 e. The van der Waals surface area contributed by atoms with Gasteiger partial charge in [0.25, 0.3) is 0 Å². The van der Waals surface area contributed by atoms with Crippen LogP contribution in [0.5, 0.6) is 0 Å². The molecule has 0 saturated carbocycles. The summed E-state index contributed by atoms with van der Waals surface area (Å²) in [5, 5.41) is 0. The van der Waals surface area contributed by atoms with Crippen LogP contribution in [0.15, 0.2) is 4.99 Å². The van der Waals surface area contributed by atoms with E-state index in [1.807, 2.05) is 6.92 Å². The number of ether oxygens (including phenoxy) is 1. The fraction of sp³-hybridized carbons (Fsp3) is 0.750. The predicted molar refractivity (Wildman–Crippen MR) is 33.3 cm³/mol. The Kier molecular flexibility index (Phi) is 13.1.